The Morgan fingerprint density at radius 2 is 0.462 bits per heavy atom. The summed E-state index contributed by atoms with van der Waals surface area (Å²) >= 11 is 0. The van der Waals surface area contributed by atoms with Crippen LogP contribution in [0.4, 0.5) is 50.4 Å². The van der Waals surface area contributed by atoms with Crippen molar-refractivity contribution in [2.45, 2.75) is 51.9 Å². The summed E-state index contributed by atoms with van der Waals surface area (Å²) < 4.78 is 118. The van der Waals surface area contributed by atoms with Crippen molar-refractivity contribution in [1.29, 1.82) is 0 Å². The van der Waals surface area contributed by atoms with E-state index in [2.05, 4.69) is 59.1 Å². The molecule has 41 heteroatoms. The van der Waals surface area contributed by atoms with Crippen LogP contribution in [0.5, 0.6) is 0 Å². The van der Waals surface area contributed by atoms with E-state index in [1.54, 1.807) is 24.3 Å². The first-order valence-electron chi connectivity index (χ1n) is 27.4. The maximum absolute atomic E-state index is 11.2. The van der Waals surface area contributed by atoms with Crippen molar-refractivity contribution in [3.63, 3.8) is 0 Å². The van der Waals surface area contributed by atoms with E-state index in [0.717, 1.165) is 179 Å². The summed E-state index contributed by atoms with van der Waals surface area (Å²) in [6.07, 6.45) is 4.09. The van der Waals surface area contributed by atoms with Crippen LogP contribution in [0.1, 0.15) is 90.4 Å². The van der Waals surface area contributed by atoms with Gasteiger partial charge in [-0.2, -0.15) is 0 Å². The van der Waals surface area contributed by atoms with Crippen molar-refractivity contribution in [1.82, 2.24) is 59.1 Å². The molecule has 0 aromatic carbocycles. The van der Waals surface area contributed by atoms with Gasteiger partial charge in [-0.3, -0.25) is 39.5 Å². The second kappa shape index (κ2) is 40.3. The number of halogens is 12. The van der Waals surface area contributed by atoms with E-state index >= 15 is 0 Å². The predicted octanol–water partition coefficient (Wildman–Crippen LogP) is 0.480. The third kappa shape index (κ3) is 44.6. The molecule has 8 rings (SSSR count). The van der Waals surface area contributed by atoms with Gasteiger partial charge in [-0.1, -0.05) is 24.3 Å². The van der Waals surface area contributed by atoms with Gasteiger partial charge in [0.1, 0.15) is 0 Å². The normalized spacial score (nSPS) is 21.0. The van der Waals surface area contributed by atoms with Gasteiger partial charge in [-0.25, -0.2) is 0 Å². The molecule has 4 fully saturated rings. The number of fused-ring (bicyclic) bond motifs is 6. The molecule has 8 heterocycles. The summed E-state index contributed by atoms with van der Waals surface area (Å²) in [5.41, 5.74) is 2.94. The van der Waals surface area contributed by atoms with Gasteiger partial charge in [0.15, 0.2) is 0 Å². The number of nitrogens with zero attached hydrogens (tertiary/aromatic N) is 12. The molecule has 4 aliphatic rings. The Hall–Kier alpha value is -2.85. The molecule has 93 heavy (non-hydrogen) atoms. The Morgan fingerprint density at radius 3 is 0.624 bits per heavy atom. The van der Waals surface area contributed by atoms with E-state index in [4.69, 9.17) is 0 Å². The van der Waals surface area contributed by atoms with Crippen molar-refractivity contribution in [3.8, 4) is 0 Å². The Labute approximate surface area is 610 Å². The molecule has 4 saturated heterocycles. The second-order valence-corrected chi connectivity index (χ2v) is 24.8. The molecule has 4 atom stereocenters. The molecule has 4 unspecified atom stereocenters. The Kier molecular flexibility index (Phi) is 40.9. The summed E-state index contributed by atoms with van der Waals surface area (Å²) in [5.74, 6) is -4.98. The molecule has 0 amide bonds. The Bertz CT molecular complexity index is 2550. The zero-order valence-electron chi connectivity index (χ0n) is 50.0. The molecule has 0 saturated carbocycles. The first kappa shape index (κ1) is 94.3. The molecule has 4 aromatic heterocycles. The van der Waals surface area contributed by atoms with E-state index in [-0.39, 0.29) is 149 Å². The van der Waals surface area contributed by atoms with Crippen molar-refractivity contribution < 1.29 is 216 Å². The third-order valence-electron chi connectivity index (χ3n) is 13.8. The molecule has 0 spiro atoms. The minimum atomic E-state index is -10.7. The van der Waals surface area contributed by atoms with E-state index in [1.807, 2.05) is 24.3 Å². The fourth-order valence-electron chi connectivity index (χ4n) is 9.83. The van der Waals surface area contributed by atoms with Gasteiger partial charge < -0.3 is 86.6 Å². The van der Waals surface area contributed by atoms with Gasteiger partial charge in [0.05, 0.1) is 69.4 Å². The fraction of sp³-hybridized carbons (Fsp3) is 0.538. The average molecular weight is 1670 g/mol. The topological polar surface area (TPSA) is 396 Å². The maximum atomic E-state index is 11.2. The number of carboxylic acids is 4. The predicted molar refractivity (Wildman–Crippen MR) is 305 cm³/mol. The van der Waals surface area contributed by atoms with Crippen molar-refractivity contribution >= 4 is 39.5 Å². The SMILES string of the molecule is F[P-](F)(F)(F)(F)F.F[P-](F)(F)(F)(F)F.O.O.O.O.O.O=C([O-])c1cccc(CN2CCCN3CCN(CCCN(Cc4cccc(C(=O)[O-])n4)CC3)CC2)n1.O=C([O-])c1cccc(CN2CCCN3CCN(CCCN(Cc4cccc(C(=O)[O-])n4)CC3)CC2)n1.[Eu+3].[Eu+3]. The van der Waals surface area contributed by atoms with Crippen LogP contribution in [0, 0.1) is 98.8 Å². The van der Waals surface area contributed by atoms with Crippen molar-refractivity contribution in [3.05, 3.63) is 118 Å². The largest absolute Gasteiger partial charge is 3.00 e. The third-order valence-corrected chi connectivity index (χ3v) is 13.8. The van der Waals surface area contributed by atoms with Crippen LogP contribution in [0.3, 0.4) is 0 Å². The van der Waals surface area contributed by atoms with Gasteiger partial charge in [-0.05, 0) is 127 Å². The zero-order valence-corrected chi connectivity index (χ0v) is 56.7. The van der Waals surface area contributed by atoms with Crippen LogP contribution in [0.15, 0.2) is 72.8 Å². The first-order valence-corrected chi connectivity index (χ1v) is 31.5. The molecule has 4 aromatic rings. The van der Waals surface area contributed by atoms with E-state index in [0.29, 0.717) is 26.2 Å². The molecule has 4 aliphatic heterocycles. The molecular formula is C52H78Eu2F12N12O13P2. The quantitative estimate of drug-likeness (QED) is 0.137. The molecule has 0 aliphatic carbocycles. The first-order chi connectivity index (χ1) is 39.8. The molecule has 10 N–H and O–H groups in total. The summed E-state index contributed by atoms with van der Waals surface area (Å²) in [4.78, 5) is 81.3. The van der Waals surface area contributed by atoms with Gasteiger partial charge in [0.2, 0.25) is 0 Å². The van der Waals surface area contributed by atoms with Gasteiger partial charge in [-0.15, -0.1) is 0 Å². The van der Waals surface area contributed by atoms with Crippen LogP contribution in [-0.4, -0.2) is 241 Å². The number of pyridine rings is 4. The Morgan fingerprint density at radius 1 is 0.301 bits per heavy atom. The number of carbonyl (C=O) groups excluding carboxylic acids is 4. The summed E-state index contributed by atoms with van der Waals surface area (Å²) in [7, 11) is -21.3. The van der Waals surface area contributed by atoms with Crippen LogP contribution in [-0.2, 0) is 26.2 Å². The van der Waals surface area contributed by atoms with Gasteiger partial charge in [0, 0.05) is 105 Å². The van der Waals surface area contributed by atoms with Crippen LogP contribution < -0.4 is 20.4 Å². The fourth-order valence-corrected chi connectivity index (χ4v) is 9.83. The molecule has 4 bridgehead atoms. The zero-order chi connectivity index (χ0) is 63.5. The van der Waals surface area contributed by atoms with Crippen molar-refractivity contribution in [2.24, 2.45) is 0 Å². The number of aromatic carboxylic acids is 4. The molecule has 0 radical (unpaired) electrons. The molecular weight excluding hydrogens is 1590 g/mol. The summed E-state index contributed by atoms with van der Waals surface area (Å²) in [6.45, 7) is 21.7. The minimum Gasteiger partial charge on any atom is -0.543 e. The number of hydrogen-bond donors (Lipinski definition) is 0. The molecule has 532 valence electrons. The maximum Gasteiger partial charge on any atom is 3.00 e. The van der Waals surface area contributed by atoms with E-state index in [1.165, 1.54) is 24.3 Å². The van der Waals surface area contributed by atoms with Crippen LogP contribution in [0.2, 0.25) is 0 Å². The summed E-state index contributed by atoms with van der Waals surface area (Å²) in [6, 6.07) is 20.3. The Balaban J connectivity index is -0.00000136. The standard InChI is InChI=1S/2C26H36N6O4.2Eu.2F6P.5H2O/c2*33-25(34)23-7-1-5-21(27-23)19-31-11-3-9-30-14-13-29(15-17-31)10-4-12-32(18-16-30)20-22-6-2-8-24(28-22)26(35)36;;;2*1-7(2,3,4,5)6;;;;;/h2*1-2,5-8H,3-4,9-20H2,(H,33,34)(H,35,36);;;;;5*1H2/q;;2*+3;2*-1;;;;;/p-4. The van der Waals surface area contributed by atoms with E-state index in [9.17, 15) is 90.0 Å². The number of hydrogen-bond acceptors (Lipinski definition) is 20. The average Bonchev–Trinajstić information content (AvgIpc) is 0.803. The number of carboxylic acid groups (broad SMARTS) is 4. The number of rotatable bonds is 12. The van der Waals surface area contributed by atoms with Crippen molar-refractivity contribution in [2.75, 3.05) is 131 Å². The van der Waals surface area contributed by atoms with Crippen LogP contribution >= 0.6 is 15.6 Å². The molecule has 25 nitrogen and oxygen atoms in total. The van der Waals surface area contributed by atoms with E-state index < -0.39 is 39.5 Å². The summed E-state index contributed by atoms with van der Waals surface area (Å²) in [5, 5.41) is 44.7. The number of aromatic nitrogens is 4. The number of carbonyl (C=O) groups is 4. The minimum absolute atomic E-state index is 0. The monoisotopic (exact) mass is 1670 g/mol. The second-order valence-electron chi connectivity index (χ2n) is 21.0. The van der Waals surface area contributed by atoms with Crippen LogP contribution in [0.25, 0.3) is 0 Å². The van der Waals surface area contributed by atoms with Gasteiger partial charge in [0.25, 0.3) is 0 Å². The van der Waals surface area contributed by atoms with Gasteiger partial charge >= 0.3 is 165 Å². The smallest absolute Gasteiger partial charge is 0.543 e.